The molecule has 192 valence electrons. The van der Waals surface area contributed by atoms with Gasteiger partial charge in [0.2, 0.25) is 0 Å². The molecule has 2 N–H and O–H groups in total. The normalized spacial score (nSPS) is 17.9. The van der Waals surface area contributed by atoms with Crippen LogP contribution in [-0.2, 0) is 22.4 Å². The van der Waals surface area contributed by atoms with Crippen LogP contribution in [0.5, 0.6) is 5.75 Å². The Balaban J connectivity index is 1.60. The highest BCUT2D eigenvalue weighted by Gasteiger charge is 2.27. The van der Waals surface area contributed by atoms with Gasteiger partial charge in [-0.3, -0.25) is 9.69 Å². The monoisotopic (exact) mass is 503 g/mol. The summed E-state index contributed by atoms with van der Waals surface area (Å²) in [5.74, 6) is -0.179. The summed E-state index contributed by atoms with van der Waals surface area (Å²) in [7, 11) is 1.59. The Kier molecular flexibility index (Phi) is 10.4. The van der Waals surface area contributed by atoms with E-state index in [4.69, 9.17) is 26.2 Å². The number of hydrogen-bond donors (Lipinski definition) is 2. The number of rotatable bonds is 13. The summed E-state index contributed by atoms with van der Waals surface area (Å²) >= 11 is 6.31. The van der Waals surface area contributed by atoms with Gasteiger partial charge in [0.25, 0.3) is 0 Å². The number of aliphatic hydroxyl groups excluding tert-OH is 1. The highest BCUT2D eigenvalue weighted by atomic mass is 35.5. The average molecular weight is 504 g/mol. The number of aliphatic carboxylic acids is 1. The molecule has 0 aromatic heterocycles. The van der Waals surface area contributed by atoms with E-state index in [1.54, 1.807) is 7.11 Å². The number of carboxylic acids is 1. The van der Waals surface area contributed by atoms with Gasteiger partial charge in [-0.25, -0.2) is 0 Å². The summed E-state index contributed by atoms with van der Waals surface area (Å²) < 4.78 is 11.7. The molecule has 0 aliphatic carbocycles. The minimum Gasteiger partial charge on any atom is -0.496 e. The van der Waals surface area contributed by atoms with Gasteiger partial charge in [-0.05, 0) is 74.4 Å². The zero-order chi connectivity index (χ0) is 25.4. The van der Waals surface area contributed by atoms with Crippen LogP contribution in [0.2, 0.25) is 5.02 Å². The standard InChI is InChI=1S/C28H38ClNO5/c1-4-26(23-8-5-9-27(34-3)24(23)12-13-28(32)33)35-18-22(31)17-30-14-6-7-21(30)15-20-11-10-19(2)25(29)16-20/h5,8-11,16,21-22,26,31H,4,6-7,12-15,17-18H2,1-3H3,(H,32,33)/t21-,22+,26+/m0/s1. The van der Waals surface area contributed by atoms with Crippen molar-refractivity contribution in [1.29, 1.82) is 0 Å². The molecule has 3 rings (SSSR count). The summed E-state index contributed by atoms with van der Waals surface area (Å²) in [6.07, 6.45) is 3.39. The zero-order valence-electron chi connectivity index (χ0n) is 21.0. The summed E-state index contributed by atoms with van der Waals surface area (Å²) in [5, 5.41) is 20.8. The second-order valence-corrected chi connectivity index (χ2v) is 9.79. The second kappa shape index (κ2) is 13.3. The van der Waals surface area contributed by atoms with Crippen LogP contribution in [0, 0.1) is 6.92 Å². The lowest BCUT2D eigenvalue weighted by Gasteiger charge is -2.28. The van der Waals surface area contributed by atoms with Crippen LogP contribution in [0.4, 0.5) is 0 Å². The third-order valence-corrected chi connectivity index (χ3v) is 7.24. The number of aryl methyl sites for hydroxylation is 1. The number of ether oxygens (including phenoxy) is 2. The summed E-state index contributed by atoms with van der Waals surface area (Å²) in [5.41, 5.74) is 4.09. The Morgan fingerprint density at radius 3 is 2.77 bits per heavy atom. The molecule has 7 heteroatoms. The molecule has 3 atom stereocenters. The molecule has 0 amide bonds. The van der Waals surface area contributed by atoms with Crippen LogP contribution in [0.1, 0.15) is 61.0 Å². The van der Waals surface area contributed by atoms with Crippen molar-refractivity contribution >= 4 is 17.6 Å². The number of likely N-dealkylation sites (tertiary alicyclic amines) is 1. The van der Waals surface area contributed by atoms with E-state index < -0.39 is 12.1 Å². The van der Waals surface area contributed by atoms with Gasteiger partial charge in [-0.15, -0.1) is 0 Å². The number of halogens is 1. The average Bonchev–Trinajstić information content (AvgIpc) is 3.26. The molecule has 0 bridgehead atoms. The predicted molar refractivity (Wildman–Crippen MR) is 138 cm³/mol. The number of β-amino-alcohol motifs (C(OH)–C–C–N with tert-alkyl or cyclic N) is 1. The maximum Gasteiger partial charge on any atom is 0.303 e. The highest BCUT2D eigenvalue weighted by Crippen LogP contribution is 2.32. The van der Waals surface area contributed by atoms with Crippen molar-refractivity contribution < 1.29 is 24.5 Å². The van der Waals surface area contributed by atoms with Gasteiger partial charge in [0.1, 0.15) is 5.75 Å². The lowest BCUT2D eigenvalue weighted by molar-refractivity contribution is -0.136. The minimum atomic E-state index is -0.848. The van der Waals surface area contributed by atoms with Crippen molar-refractivity contribution in [2.75, 3.05) is 26.8 Å². The fourth-order valence-corrected chi connectivity index (χ4v) is 5.16. The summed E-state index contributed by atoms with van der Waals surface area (Å²) in [4.78, 5) is 13.5. The molecule has 35 heavy (non-hydrogen) atoms. The molecule has 6 nitrogen and oxygen atoms in total. The fourth-order valence-electron chi connectivity index (χ4n) is 4.96. The van der Waals surface area contributed by atoms with Gasteiger partial charge >= 0.3 is 5.97 Å². The van der Waals surface area contributed by atoms with Gasteiger partial charge in [-0.2, -0.15) is 0 Å². The first-order valence-corrected chi connectivity index (χ1v) is 12.9. The van der Waals surface area contributed by atoms with Crippen LogP contribution >= 0.6 is 11.6 Å². The van der Waals surface area contributed by atoms with Crippen LogP contribution < -0.4 is 4.74 Å². The Bertz CT molecular complexity index is 982. The number of methoxy groups -OCH3 is 1. The van der Waals surface area contributed by atoms with E-state index in [1.165, 1.54) is 5.56 Å². The Hall–Kier alpha value is -2.12. The Morgan fingerprint density at radius 2 is 2.09 bits per heavy atom. The van der Waals surface area contributed by atoms with Crippen molar-refractivity contribution in [3.63, 3.8) is 0 Å². The third kappa shape index (κ3) is 7.68. The van der Waals surface area contributed by atoms with Crippen LogP contribution in [0.15, 0.2) is 36.4 Å². The molecule has 0 saturated carbocycles. The SMILES string of the molecule is CC[C@@H](OC[C@H](O)CN1CCC[C@H]1Cc1ccc(C)c(Cl)c1)c1cccc(OC)c1CCC(=O)O. The predicted octanol–water partition coefficient (Wildman–Crippen LogP) is 5.21. The van der Waals surface area contributed by atoms with Crippen molar-refractivity contribution in [2.45, 2.75) is 70.6 Å². The smallest absolute Gasteiger partial charge is 0.303 e. The highest BCUT2D eigenvalue weighted by molar-refractivity contribution is 6.31. The van der Waals surface area contributed by atoms with Crippen molar-refractivity contribution in [1.82, 2.24) is 4.90 Å². The number of nitrogens with zero attached hydrogens (tertiary/aromatic N) is 1. The number of hydrogen-bond acceptors (Lipinski definition) is 5. The fraction of sp³-hybridized carbons (Fsp3) is 0.536. The van der Waals surface area contributed by atoms with Gasteiger partial charge in [0.05, 0.1) is 25.9 Å². The summed E-state index contributed by atoms with van der Waals surface area (Å²) in [6.45, 7) is 5.78. The van der Waals surface area contributed by atoms with E-state index in [9.17, 15) is 9.90 Å². The van der Waals surface area contributed by atoms with E-state index >= 15 is 0 Å². The Morgan fingerprint density at radius 1 is 1.29 bits per heavy atom. The van der Waals surface area contributed by atoms with E-state index in [-0.39, 0.29) is 19.1 Å². The van der Waals surface area contributed by atoms with Gasteiger partial charge in [0, 0.05) is 29.6 Å². The van der Waals surface area contributed by atoms with Gasteiger partial charge in [-0.1, -0.05) is 42.8 Å². The van der Waals surface area contributed by atoms with E-state index in [1.807, 2.05) is 32.0 Å². The molecule has 0 radical (unpaired) electrons. The first kappa shape index (κ1) is 27.5. The molecule has 2 aromatic rings. The zero-order valence-corrected chi connectivity index (χ0v) is 21.8. The molecule has 1 aliphatic rings. The van der Waals surface area contributed by atoms with Gasteiger partial charge < -0.3 is 19.7 Å². The van der Waals surface area contributed by atoms with Crippen LogP contribution in [0.3, 0.4) is 0 Å². The molecule has 1 saturated heterocycles. The number of carbonyl (C=O) groups is 1. The lowest BCUT2D eigenvalue weighted by Crippen LogP contribution is -2.39. The quantitative estimate of drug-likeness (QED) is 0.390. The first-order valence-electron chi connectivity index (χ1n) is 12.5. The summed E-state index contributed by atoms with van der Waals surface area (Å²) in [6, 6.07) is 12.3. The van der Waals surface area contributed by atoms with Crippen molar-refractivity contribution in [3.05, 3.63) is 63.7 Å². The van der Waals surface area contributed by atoms with Gasteiger partial charge in [0.15, 0.2) is 0 Å². The largest absolute Gasteiger partial charge is 0.496 e. The van der Waals surface area contributed by atoms with E-state index in [0.717, 1.165) is 47.5 Å². The molecule has 0 spiro atoms. The number of benzene rings is 2. The topological polar surface area (TPSA) is 79.2 Å². The first-order chi connectivity index (χ1) is 16.8. The number of carboxylic acid groups (broad SMARTS) is 1. The van der Waals surface area contributed by atoms with Crippen LogP contribution in [-0.4, -0.2) is 60.0 Å². The molecule has 1 heterocycles. The molecule has 1 fully saturated rings. The van der Waals surface area contributed by atoms with Crippen molar-refractivity contribution in [3.8, 4) is 5.75 Å². The number of aliphatic hydroxyl groups is 1. The molecule has 1 aliphatic heterocycles. The third-order valence-electron chi connectivity index (χ3n) is 6.84. The lowest BCUT2D eigenvalue weighted by atomic mass is 9.96. The van der Waals surface area contributed by atoms with Crippen molar-refractivity contribution in [2.24, 2.45) is 0 Å². The molecular formula is C28H38ClNO5. The maximum absolute atomic E-state index is 11.2. The van der Waals surface area contributed by atoms with Crippen LogP contribution in [0.25, 0.3) is 0 Å². The molecule has 2 aromatic carbocycles. The minimum absolute atomic E-state index is 0.0228. The van der Waals surface area contributed by atoms with E-state index in [0.29, 0.717) is 31.2 Å². The second-order valence-electron chi connectivity index (χ2n) is 9.38. The van der Waals surface area contributed by atoms with E-state index in [2.05, 4.69) is 23.1 Å². The Labute approximate surface area is 213 Å². The molecular weight excluding hydrogens is 466 g/mol. The molecule has 0 unspecified atom stereocenters. The maximum atomic E-state index is 11.2.